The van der Waals surface area contributed by atoms with E-state index in [0.717, 1.165) is 22.6 Å². The molecule has 0 aromatic heterocycles. The molecule has 0 saturated heterocycles. The van der Waals surface area contributed by atoms with Crippen LogP contribution in [0.5, 0.6) is 0 Å². The Kier molecular flexibility index (Phi) is 6.79. The Morgan fingerprint density at radius 1 is 0.946 bits per heavy atom. The van der Waals surface area contributed by atoms with Crippen LogP contribution in [0.15, 0.2) is 54.6 Å². The molecular formula is C26H18ClF3N2O5. The van der Waals surface area contributed by atoms with Gasteiger partial charge in [-0.05, 0) is 67.4 Å². The third-order valence-electron chi connectivity index (χ3n) is 5.63. The number of fused-ring (bicyclic) bond motifs is 1. The second kappa shape index (κ2) is 9.70. The molecule has 1 N–H and O–H groups in total. The van der Waals surface area contributed by atoms with Gasteiger partial charge in [-0.1, -0.05) is 23.7 Å². The number of nitrogens with one attached hydrogen (secondary N) is 1. The number of amides is 3. The Bertz CT molecular complexity index is 1470. The lowest BCUT2D eigenvalue weighted by atomic mass is 10.1. The fourth-order valence-electron chi connectivity index (χ4n) is 3.75. The molecule has 3 amide bonds. The summed E-state index contributed by atoms with van der Waals surface area (Å²) in [7, 11) is 0. The fraction of sp³-hybridized carbons (Fsp3) is 0.154. The maximum Gasteiger partial charge on any atom is 0.416 e. The van der Waals surface area contributed by atoms with E-state index in [1.807, 2.05) is 13.0 Å². The Labute approximate surface area is 213 Å². The molecule has 7 nitrogen and oxygen atoms in total. The van der Waals surface area contributed by atoms with Crippen molar-refractivity contribution in [2.75, 3.05) is 16.8 Å². The summed E-state index contributed by atoms with van der Waals surface area (Å²) in [6.45, 7) is 2.76. The van der Waals surface area contributed by atoms with Crippen molar-refractivity contribution >= 4 is 46.7 Å². The highest BCUT2D eigenvalue weighted by Crippen LogP contribution is 2.34. The molecule has 0 spiro atoms. The molecule has 3 aromatic carbocycles. The van der Waals surface area contributed by atoms with Crippen LogP contribution >= 0.6 is 11.6 Å². The molecule has 37 heavy (non-hydrogen) atoms. The summed E-state index contributed by atoms with van der Waals surface area (Å²) < 4.78 is 43.7. The van der Waals surface area contributed by atoms with Gasteiger partial charge in [-0.15, -0.1) is 0 Å². The fourth-order valence-corrected chi connectivity index (χ4v) is 3.91. The van der Waals surface area contributed by atoms with E-state index >= 15 is 0 Å². The molecule has 1 heterocycles. The molecule has 1 aliphatic rings. The number of aryl methyl sites for hydroxylation is 2. The Hall–Kier alpha value is -4.18. The number of nitrogens with zero attached hydrogens (tertiary/aromatic N) is 1. The third-order valence-corrected chi connectivity index (χ3v) is 5.96. The first-order valence-electron chi connectivity index (χ1n) is 10.8. The summed E-state index contributed by atoms with van der Waals surface area (Å²) in [5, 5.41) is 2.03. The SMILES string of the molecule is Cc1ccc(C)c(N2C(=O)c3ccc(C(=O)OCC(=O)Nc4cc(C(F)(F)F)ccc4Cl)cc3C2=O)c1. The molecule has 0 bridgehead atoms. The molecular weight excluding hydrogens is 513 g/mol. The van der Waals surface area contributed by atoms with Crippen LogP contribution in [0.3, 0.4) is 0 Å². The zero-order valence-corrected chi connectivity index (χ0v) is 20.2. The highest BCUT2D eigenvalue weighted by molar-refractivity contribution is 6.35. The minimum atomic E-state index is -4.64. The van der Waals surface area contributed by atoms with Gasteiger partial charge < -0.3 is 10.1 Å². The summed E-state index contributed by atoms with van der Waals surface area (Å²) in [5.41, 5.74) is 0.702. The monoisotopic (exact) mass is 530 g/mol. The minimum Gasteiger partial charge on any atom is -0.452 e. The van der Waals surface area contributed by atoms with Crippen LogP contribution in [0, 0.1) is 13.8 Å². The number of halogens is 4. The second-order valence-corrected chi connectivity index (χ2v) is 8.72. The Morgan fingerprint density at radius 2 is 1.65 bits per heavy atom. The van der Waals surface area contributed by atoms with E-state index in [4.69, 9.17) is 16.3 Å². The number of hydrogen-bond donors (Lipinski definition) is 1. The highest BCUT2D eigenvalue weighted by Gasteiger charge is 2.38. The standard InChI is InChI=1S/C26H18ClF3N2O5/c1-13-3-4-14(2)21(9-13)32-23(34)17-7-5-15(10-18(17)24(32)35)25(36)37-12-22(33)31-20-11-16(26(28,29)30)6-8-19(20)27/h3-11H,12H2,1-2H3,(H,31,33). The third kappa shape index (κ3) is 5.19. The first kappa shape index (κ1) is 25.9. The number of esters is 1. The van der Waals surface area contributed by atoms with Crippen molar-refractivity contribution in [3.8, 4) is 0 Å². The molecule has 11 heteroatoms. The van der Waals surface area contributed by atoms with Gasteiger partial charge in [0.1, 0.15) is 0 Å². The lowest BCUT2D eigenvalue weighted by Gasteiger charge is -2.17. The van der Waals surface area contributed by atoms with Crippen LogP contribution in [0.25, 0.3) is 0 Å². The number of carbonyl (C=O) groups excluding carboxylic acids is 4. The predicted octanol–water partition coefficient (Wildman–Crippen LogP) is 5.57. The van der Waals surface area contributed by atoms with Gasteiger partial charge in [0.25, 0.3) is 17.7 Å². The van der Waals surface area contributed by atoms with Crippen molar-refractivity contribution in [1.29, 1.82) is 0 Å². The average molecular weight is 531 g/mol. The molecule has 190 valence electrons. The Morgan fingerprint density at radius 3 is 2.35 bits per heavy atom. The first-order chi connectivity index (χ1) is 17.4. The number of anilines is 2. The largest absolute Gasteiger partial charge is 0.452 e. The van der Waals surface area contributed by atoms with E-state index in [1.54, 1.807) is 19.1 Å². The number of alkyl halides is 3. The molecule has 0 atom stereocenters. The number of carbonyl (C=O) groups is 4. The van der Waals surface area contributed by atoms with Crippen LogP contribution in [0.4, 0.5) is 24.5 Å². The van der Waals surface area contributed by atoms with Crippen molar-refractivity contribution in [3.63, 3.8) is 0 Å². The summed E-state index contributed by atoms with van der Waals surface area (Å²) in [4.78, 5) is 51.7. The smallest absolute Gasteiger partial charge is 0.416 e. The quantitative estimate of drug-likeness (QED) is 0.344. The molecule has 0 fully saturated rings. The normalized spacial score (nSPS) is 13.0. The molecule has 0 unspecified atom stereocenters. The number of imide groups is 1. The maximum absolute atomic E-state index is 13.0. The molecule has 1 aliphatic heterocycles. The van der Waals surface area contributed by atoms with Gasteiger partial charge >= 0.3 is 12.1 Å². The highest BCUT2D eigenvalue weighted by atomic mass is 35.5. The van der Waals surface area contributed by atoms with E-state index in [9.17, 15) is 32.3 Å². The van der Waals surface area contributed by atoms with Gasteiger partial charge in [0, 0.05) is 0 Å². The van der Waals surface area contributed by atoms with Crippen LogP contribution in [0.1, 0.15) is 47.8 Å². The van der Waals surface area contributed by atoms with Crippen LogP contribution in [0.2, 0.25) is 5.02 Å². The van der Waals surface area contributed by atoms with E-state index in [-0.39, 0.29) is 27.4 Å². The van der Waals surface area contributed by atoms with Gasteiger partial charge in [-0.3, -0.25) is 14.4 Å². The topological polar surface area (TPSA) is 92.8 Å². The maximum atomic E-state index is 13.0. The summed E-state index contributed by atoms with van der Waals surface area (Å²) in [6, 6.07) is 11.5. The first-order valence-corrected chi connectivity index (χ1v) is 11.2. The molecule has 0 saturated carbocycles. The van der Waals surface area contributed by atoms with Crippen molar-refractivity contribution in [1.82, 2.24) is 0 Å². The van der Waals surface area contributed by atoms with E-state index < -0.39 is 42.0 Å². The average Bonchev–Trinajstić information content (AvgIpc) is 3.09. The number of benzene rings is 3. The minimum absolute atomic E-state index is 0.000514. The lowest BCUT2D eigenvalue weighted by Crippen LogP contribution is -2.30. The Balaban J connectivity index is 1.46. The second-order valence-electron chi connectivity index (χ2n) is 8.31. The molecule has 3 aromatic rings. The zero-order valence-electron chi connectivity index (χ0n) is 19.4. The molecule has 0 radical (unpaired) electrons. The number of ether oxygens (including phenoxy) is 1. The number of rotatable bonds is 5. The van der Waals surface area contributed by atoms with E-state index in [0.29, 0.717) is 17.3 Å². The predicted molar refractivity (Wildman–Crippen MR) is 129 cm³/mol. The van der Waals surface area contributed by atoms with Gasteiger partial charge in [-0.2, -0.15) is 13.2 Å². The van der Waals surface area contributed by atoms with Crippen molar-refractivity contribution < 1.29 is 37.1 Å². The summed E-state index contributed by atoms with van der Waals surface area (Å²) in [5.74, 6) is -3.05. The van der Waals surface area contributed by atoms with Gasteiger partial charge in [-0.25, -0.2) is 9.69 Å². The van der Waals surface area contributed by atoms with Crippen LogP contribution in [-0.2, 0) is 15.7 Å². The molecule has 4 rings (SSSR count). The lowest BCUT2D eigenvalue weighted by molar-refractivity contribution is -0.137. The van der Waals surface area contributed by atoms with Crippen molar-refractivity contribution in [2.45, 2.75) is 20.0 Å². The van der Waals surface area contributed by atoms with Crippen molar-refractivity contribution in [2.24, 2.45) is 0 Å². The number of hydrogen-bond acceptors (Lipinski definition) is 5. The summed E-state index contributed by atoms with van der Waals surface area (Å²) in [6.07, 6.45) is -4.64. The van der Waals surface area contributed by atoms with Gasteiger partial charge in [0.2, 0.25) is 0 Å². The zero-order chi connectivity index (χ0) is 27.1. The van der Waals surface area contributed by atoms with E-state index in [1.165, 1.54) is 18.2 Å². The van der Waals surface area contributed by atoms with Crippen LogP contribution < -0.4 is 10.2 Å². The van der Waals surface area contributed by atoms with E-state index in [2.05, 4.69) is 5.32 Å². The van der Waals surface area contributed by atoms with Gasteiger partial charge in [0.15, 0.2) is 6.61 Å². The molecule has 0 aliphatic carbocycles. The van der Waals surface area contributed by atoms with Crippen LogP contribution in [-0.4, -0.2) is 30.3 Å². The van der Waals surface area contributed by atoms with Crippen molar-refractivity contribution in [3.05, 3.63) is 93.0 Å². The van der Waals surface area contributed by atoms with Gasteiger partial charge in [0.05, 0.1) is 38.7 Å². The summed E-state index contributed by atoms with van der Waals surface area (Å²) >= 11 is 5.85.